The zero-order valence-electron chi connectivity index (χ0n) is 21.4. The molecule has 3 aromatic carbocycles. The highest BCUT2D eigenvalue weighted by atomic mass is 35.5. The SMILES string of the molecule is CCCCCN1C(=O)/C(=N/n2c(-c3ccc(OC(F)F)cc3)csc2=Nc2ccc(Cl)c(Cl)c2)c2ccccc21. The summed E-state index contributed by atoms with van der Waals surface area (Å²) in [5.74, 6) is -0.154. The average molecular weight is 602 g/mol. The van der Waals surface area contributed by atoms with E-state index in [1.807, 2.05) is 29.6 Å². The molecule has 0 fully saturated rings. The number of carbonyl (C=O) groups excluding carboxylic acids is 1. The first-order chi connectivity index (χ1) is 19.4. The summed E-state index contributed by atoms with van der Waals surface area (Å²) in [5, 5.41) is 7.45. The molecule has 1 aromatic heterocycles. The monoisotopic (exact) mass is 600 g/mol. The lowest BCUT2D eigenvalue weighted by atomic mass is 10.1. The third kappa shape index (κ3) is 5.96. The summed E-state index contributed by atoms with van der Waals surface area (Å²) in [7, 11) is 0. The fourth-order valence-electron chi connectivity index (χ4n) is 4.34. The maximum atomic E-state index is 13.7. The maximum Gasteiger partial charge on any atom is 0.387 e. The van der Waals surface area contributed by atoms with Gasteiger partial charge in [0, 0.05) is 23.1 Å². The first kappa shape index (κ1) is 28.0. The molecule has 0 atom stereocenters. The fourth-order valence-corrected chi connectivity index (χ4v) is 5.49. The van der Waals surface area contributed by atoms with Gasteiger partial charge in [-0.05, 0) is 55.0 Å². The predicted molar refractivity (Wildman–Crippen MR) is 156 cm³/mol. The van der Waals surface area contributed by atoms with Crippen molar-refractivity contribution >= 4 is 57.5 Å². The second-order valence-electron chi connectivity index (χ2n) is 8.96. The van der Waals surface area contributed by atoms with Gasteiger partial charge in [-0.25, -0.2) is 9.67 Å². The van der Waals surface area contributed by atoms with Crippen LogP contribution in [0.15, 0.2) is 82.2 Å². The van der Waals surface area contributed by atoms with Crippen LogP contribution in [-0.2, 0) is 4.79 Å². The Bertz CT molecular complexity index is 1630. The number of carbonyl (C=O) groups is 1. The van der Waals surface area contributed by atoms with E-state index in [0.717, 1.165) is 30.5 Å². The lowest BCUT2D eigenvalue weighted by Crippen LogP contribution is -2.31. The third-order valence-electron chi connectivity index (χ3n) is 6.27. The summed E-state index contributed by atoms with van der Waals surface area (Å²) in [5.41, 5.74) is 3.69. The first-order valence-electron chi connectivity index (χ1n) is 12.6. The molecule has 0 N–H and O–H groups in total. The van der Waals surface area contributed by atoms with Crippen LogP contribution in [-0.4, -0.2) is 29.5 Å². The van der Waals surface area contributed by atoms with Crippen molar-refractivity contribution in [2.24, 2.45) is 10.1 Å². The molecule has 5 rings (SSSR count). The zero-order valence-corrected chi connectivity index (χ0v) is 23.7. The summed E-state index contributed by atoms with van der Waals surface area (Å²) in [6, 6.07) is 18.8. The van der Waals surface area contributed by atoms with Crippen molar-refractivity contribution in [3.05, 3.63) is 92.5 Å². The Balaban J connectivity index is 1.64. The Morgan fingerprint density at radius 3 is 2.50 bits per heavy atom. The topological polar surface area (TPSA) is 59.2 Å². The quantitative estimate of drug-likeness (QED) is 0.182. The van der Waals surface area contributed by atoms with Crippen LogP contribution in [0.1, 0.15) is 31.7 Å². The Hall–Kier alpha value is -3.53. The summed E-state index contributed by atoms with van der Waals surface area (Å²) in [6.07, 6.45) is 2.94. The number of aromatic nitrogens is 1. The molecule has 0 saturated heterocycles. The van der Waals surface area contributed by atoms with Crippen molar-refractivity contribution in [1.82, 2.24) is 4.68 Å². The first-order valence-corrected chi connectivity index (χ1v) is 14.2. The second kappa shape index (κ2) is 12.3. The van der Waals surface area contributed by atoms with Crippen LogP contribution in [0.3, 0.4) is 0 Å². The standard InChI is InChI=1S/C29H24Cl2F2N4O2S/c1-2-3-6-15-36-24-8-5-4-7-21(24)26(27(36)38)35-37-25(18-9-12-20(13-10-18)39-28(32)33)17-40-29(37)34-19-11-14-22(30)23(31)16-19/h4-5,7-14,16-17,28H,2-3,6,15H2,1H3/b34-29?,35-26+. The van der Waals surface area contributed by atoms with Gasteiger partial charge in [0.15, 0.2) is 5.71 Å². The number of amides is 1. The molecule has 0 saturated carbocycles. The number of thiazole rings is 1. The summed E-state index contributed by atoms with van der Waals surface area (Å²) < 4.78 is 31.4. The molecule has 11 heteroatoms. The molecule has 0 unspecified atom stereocenters. The van der Waals surface area contributed by atoms with Gasteiger partial charge in [0.2, 0.25) is 4.80 Å². The molecule has 1 amide bonds. The minimum Gasteiger partial charge on any atom is -0.435 e. The average Bonchev–Trinajstić information content (AvgIpc) is 3.45. The molecule has 1 aliphatic heterocycles. The maximum absolute atomic E-state index is 13.7. The third-order valence-corrected chi connectivity index (χ3v) is 7.83. The highest BCUT2D eigenvalue weighted by Gasteiger charge is 2.34. The Morgan fingerprint density at radius 2 is 1.77 bits per heavy atom. The van der Waals surface area contributed by atoms with E-state index in [1.54, 1.807) is 39.9 Å². The molecule has 0 bridgehead atoms. The lowest BCUT2D eigenvalue weighted by molar-refractivity contribution is -0.112. The fraction of sp³-hybridized carbons (Fsp3) is 0.207. The minimum atomic E-state index is -2.92. The van der Waals surface area contributed by atoms with Gasteiger partial charge in [0.05, 0.1) is 27.1 Å². The largest absolute Gasteiger partial charge is 0.435 e. The van der Waals surface area contributed by atoms with Gasteiger partial charge >= 0.3 is 6.61 Å². The van der Waals surface area contributed by atoms with Crippen molar-refractivity contribution in [3.8, 4) is 17.0 Å². The number of ether oxygens (including phenoxy) is 1. The molecule has 0 radical (unpaired) electrons. The van der Waals surface area contributed by atoms with Crippen molar-refractivity contribution in [1.29, 1.82) is 0 Å². The van der Waals surface area contributed by atoms with Gasteiger partial charge in [-0.3, -0.25) is 4.79 Å². The summed E-state index contributed by atoms with van der Waals surface area (Å²) >= 11 is 13.6. The Labute approximate surface area is 243 Å². The number of halogens is 4. The van der Waals surface area contributed by atoms with Crippen LogP contribution in [0.2, 0.25) is 10.0 Å². The van der Waals surface area contributed by atoms with Gasteiger partial charge in [0.25, 0.3) is 5.91 Å². The summed E-state index contributed by atoms with van der Waals surface area (Å²) in [6.45, 7) is -0.212. The molecule has 2 heterocycles. The molecule has 206 valence electrons. The molecule has 6 nitrogen and oxygen atoms in total. The number of hydrogen-bond donors (Lipinski definition) is 0. The smallest absolute Gasteiger partial charge is 0.387 e. The number of hydrogen-bond acceptors (Lipinski definition) is 5. The highest BCUT2D eigenvalue weighted by Crippen LogP contribution is 2.31. The Morgan fingerprint density at radius 1 is 1.00 bits per heavy atom. The van der Waals surface area contributed by atoms with Gasteiger partial charge in [-0.2, -0.15) is 13.9 Å². The van der Waals surface area contributed by atoms with Crippen LogP contribution < -0.4 is 14.4 Å². The summed E-state index contributed by atoms with van der Waals surface area (Å²) in [4.78, 5) is 20.6. The van der Waals surface area contributed by atoms with Crippen LogP contribution >= 0.6 is 34.5 Å². The molecule has 0 spiro atoms. The molecule has 1 aliphatic rings. The van der Waals surface area contributed by atoms with E-state index in [2.05, 4.69) is 11.7 Å². The van der Waals surface area contributed by atoms with Crippen LogP contribution in [0, 0.1) is 0 Å². The van der Waals surface area contributed by atoms with Crippen molar-refractivity contribution in [2.45, 2.75) is 32.8 Å². The number of para-hydroxylation sites is 1. The van der Waals surface area contributed by atoms with Crippen molar-refractivity contribution in [3.63, 3.8) is 0 Å². The molecule has 4 aromatic rings. The van der Waals surface area contributed by atoms with Crippen molar-refractivity contribution in [2.75, 3.05) is 11.4 Å². The van der Waals surface area contributed by atoms with E-state index in [4.69, 9.17) is 33.3 Å². The van der Waals surface area contributed by atoms with Crippen LogP contribution in [0.4, 0.5) is 20.2 Å². The zero-order chi connectivity index (χ0) is 28.2. The highest BCUT2D eigenvalue weighted by molar-refractivity contribution is 7.07. The van der Waals surface area contributed by atoms with E-state index < -0.39 is 6.61 Å². The van der Waals surface area contributed by atoms with E-state index in [1.165, 1.54) is 23.5 Å². The number of anilines is 1. The molecule has 40 heavy (non-hydrogen) atoms. The van der Waals surface area contributed by atoms with Gasteiger partial charge < -0.3 is 9.64 Å². The molecule has 0 aliphatic carbocycles. The minimum absolute atomic E-state index is 0.0372. The van der Waals surface area contributed by atoms with E-state index in [0.29, 0.717) is 44.0 Å². The number of rotatable bonds is 9. The second-order valence-corrected chi connectivity index (χ2v) is 10.6. The normalized spacial score (nSPS) is 14.4. The Kier molecular flexibility index (Phi) is 8.63. The number of fused-ring (bicyclic) bond motifs is 1. The van der Waals surface area contributed by atoms with E-state index in [-0.39, 0.29) is 11.7 Å². The van der Waals surface area contributed by atoms with Gasteiger partial charge in [-0.1, -0.05) is 61.2 Å². The van der Waals surface area contributed by atoms with Crippen LogP contribution in [0.25, 0.3) is 11.3 Å². The van der Waals surface area contributed by atoms with E-state index in [9.17, 15) is 13.6 Å². The van der Waals surface area contributed by atoms with Gasteiger partial charge in [0.1, 0.15) is 5.75 Å². The number of benzene rings is 3. The van der Waals surface area contributed by atoms with Crippen molar-refractivity contribution < 1.29 is 18.3 Å². The van der Waals surface area contributed by atoms with Gasteiger partial charge in [-0.15, -0.1) is 11.3 Å². The predicted octanol–water partition coefficient (Wildman–Crippen LogP) is 8.15. The lowest BCUT2D eigenvalue weighted by Gasteiger charge is -2.16. The van der Waals surface area contributed by atoms with E-state index >= 15 is 0 Å². The van der Waals surface area contributed by atoms with Crippen LogP contribution in [0.5, 0.6) is 5.75 Å². The number of nitrogens with zero attached hydrogens (tertiary/aromatic N) is 4. The number of alkyl halides is 2. The molecular formula is C29H24Cl2F2N4O2S. The molecular weight excluding hydrogens is 577 g/mol. The number of unbranched alkanes of at least 4 members (excludes halogenated alkanes) is 2.